The molecule has 1 aromatic carbocycles. The van der Waals surface area contributed by atoms with E-state index in [1.807, 2.05) is 12.1 Å². The normalized spacial score (nSPS) is 17.8. The number of aliphatic hydroxyl groups excluding tert-OH is 1. The average Bonchev–Trinajstić information content (AvgIpc) is 2.69. The molecular weight excluding hydrogens is 330 g/mol. The summed E-state index contributed by atoms with van der Waals surface area (Å²) in [6, 6.07) is 7.51. The summed E-state index contributed by atoms with van der Waals surface area (Å²) in [6.45, 7) is 2.46. The number of carbonyl (C=O) groups excluding carboxylic acids is 1. The van der Waals surface area contributed by atoms with Gasteiger partial charge < -0.3 is 16.2 Å². The van der Waals surface area contributed by atoms with Crippen molar-refractivity contribution in [1.82, 2.24) is 20.2 Å². The Morgan fingerprint density at radius 3 is 2.96 bits per heavy atom. The van der Waals surface area contributed by atoms with E-state index in [-0.39, 0.29) is 18.6 Å². The van der Waals surface area contributed by atoms with E-state index in [0.29, 0.717) is 23.6 Å². The summed E-state index contributed by atoms with van der Waals surface area (Å²) >= 11 is 0. The fourth-order valence-corrected chi connectivity index (χ4v) is 3.28. The minimum atomic E-state index is -0.118. The van der Waals surface area contributed by atoms with E-state index in [1.54, 1.807) is 18.3 Å². The lowest BCUT2D eigenvalue weighted by Gasteiger charge is -2.34. The molecule has 4 N–H and O–H groups in total. The maximum absolute atomic E-state index is 12.4. The molecule has 26 heavy (non-hydrogen) atoms. The van der Waals surface area contributed by atoms with Crippen molar-refractivity contribution in [3.8, 4) is 11.3 Å². The van der Waals surface area contributed by atoms with E-state index in [4.69, 9.17) is 5.73 Å². The van der Waals surface area contributed by atoms with Crippen molar-refractivity contribution in [2.45, 2.75) is 25.3 Å². The van der Waals surface area contributed by atoms with Gasteiger partial charge >= 0.3 is 0 Å². The summed E-state index contributed by atoms with van der Waals surface area (Å²) in [7, 11) is 0. The van der Waals surface area contributed by atoms with Crippen molar-refractivity contribution in [2.75, 3.05) is 32.0 Å². The van der Waals surface area contributed by atoms with Gasteiger partial charge in [0.15, 0.2) is 0 Å². The van der Waals surface area contributed by atoms with Crippen LogP contribution in [0.15, 0.2) is 36.7 Å². The number of aromatic nitrogens is 2. The van der Waals surface area contributed by atoms with Crippen molar-refractivity contribution in [2.24, 2.45) is 0 Å². The summed E-state index contributed by atoms with van der Waals surface area (Å²) in [5, 5.41) is 12.4. The van der Waals surface area contributed by atoms with Gasteiger partial charge in [-0.3, -0.25) is 14.7 Å². The smallest absolute Gasteiger partial charge is 0.251 e. The molecule has 1 amide bonds. The van der Waals surface area contributed by atoms with E-state index in [1.165, 1.54) is 6.20 Å². The largest absolute Gasteiger partial charge is 0.395 e. The third-order valence-corrected chi connectivity index (χ3v) is 4.74. The molecule has 1 saturated heterocycles. The highest BCUT2D eigenvalue weighted by Gasteiger charge is 2.21. The molecule has 1 aliphatic heterocycles. The van der Waals surface area contributed by atoms with Crippen LogP contribution in [0.5, 0.6) is 0 Å². The molecule has 0 radical (unpaired) electrons. The fourth-order valence-electron chi connectivity index (χ4n) is 3.28. The van der Waals surface area contributed by atoms with Gasteiger partial charge in [-0.05, 0) is 31.5 Å². The van der Waals surface area contributed by atoms with Crippen LogP contribution < -0.4 is 11.1 Å². The number of likely N-dealkylation sites (tertiary alicyclic amines) is 1. The van der Waals surface area contributed by atoms with E-state index in [0.717, 1.165) is 37.9 Å². The number of hydrogen-bond acceptors (Lipinski definition) is 6. The lowest BCUT2D eigenvalue weighted by atomic mass is 10.0. The third kappa shape index (κ3) is 4.56. The molecule has 1 atom stereocenters. The van der Waals surface area contributed by atoms with E-state index in [2.05, 4.69) is 20.2 Å². The average molecular weight is 355 g/mol. The second-order valence-corrected chi connectivity index (χ2v) is 6.53. The summed E-state index contributed by atoms with van der Waals surface area (Å²) in [5.74, 6) is 0.245. The van der Waals surface area contributed by atoms with Gasteiger partial charge in [-0.25, -0.2) is 4.98 Å². The second kappa shape index (κ2) is 8.73. The zero-order valence-corrected chi connectivity index (χ0v) is 14.8. The summed E-state index contributed by atoms with van der Waals surface area (Å²) < 4.78 is 0. The number of anilines is 1. The Bertz CT molecular complexity index is 735. The lowest BCUT2D eigenvalue weighted by Crippen LogP contribution is -2.45. The highest BCUT2D eigenvalue weighted by Crippen LogP contribution is 2.18. The number of hydrogen-bond donors (Lipinski definition) is 3. The first-order valence-electron chi connectivity index (χ1n) is 8.98. The number of amides is 1. The molecule has 0 spiro atoms. The number of benzene rings is 1. The molecule has 7 heteroatoms. The van der Waals surface area contributed by atoms with Gasteiger partial charge in [-0.2, -0.15) is 0 Å². The minimum Gasteiger partial charge on any atom is -0.395 e. The van der Waals surface area contributed by atoms with Crippen molar-refractivity contribution < 1.29 is 9.90 Å². The molecule has 0 aliphatic carbocycles. The van der Waals surface area contributed by atoms with Gasteiger partial charge in [0.1, 0.15) is 5.82 Å². The number of rotatable bonds is 6. The van der Waals surface area contributed by atoms with Crippen LogP contribution >= 0.6 is 0 Å². The molecular formula is C19H25N5O2. The van der Waals surface area contributed by atoms with Crippen molar-refractivity contribution in [1.29, 1.82) is 0 Å². The first-order chi connectivity index (χ1) is 12.7. The highest BCUT2D eigenvalue weighted by atomic mass is 16.3. The van der Waals surface area contributed by atoms with Crippen LogP contribution in [0.25, 0.3) is 11.3 Å². The Hall–Kier alpha value is -2.51. The molecule has 0 saturated carbocycles. The van der Waals surface area contributed by atoms with Crippen molar-refractivity contribution in [3.05, 3.63) is 42.2 Å². The SMILES string of the molecule is Nc1cnc(-c2cccc(C(=O)NCCN3CCCC[C@@H]3CO)c2)cn1. The molecule has 0 bridgehead atoms. The van der Waals surface area contributed by atoms with Crippen LogP contribution in [-0.4, -0.2) is 58.2 Å². The molecule has 2 aromatic rings. The number of nitrogen functional groups attached to an aromatic ring is 1. The van der Waals surface area contributed by atoms with Gasteiger partial charge in [0.05, 0.1) is 24.7 Å². The van der Waals surface area contributed by atoms with E-state index < -0.39 is 0 Å². The third-order valence-electron chi connectivity index (χ3n) is 4.74. The Morgan fingerprint density at radius 1 is 1.31 bits per heavy atom. The quantitative estimate of drug-likeness (QED) is 0.721. The fraction of sp³-hybridized carbons (Fsp3) is 0.421. The first-order valence-corrected chi connectivity index (χ1v) is 8.98. The molecule has 2 heterocycles. The Balaban J connectivity index is 1.58. The Kier molecular flexibility index (Phi) is 6.14. The Morgan fingerprint density at radius 2 is 2.19 bits per heavy atom. The standard InChI is InChI=1S/C19H25N5O2/c20-18-12-22-17(11-23-18)14-4-3-5-15(10-14)19(26)21-7-9-24-8-2-1-6-16(24)13-25/h3-5,10-12,16,25H,1-2,6-9,13H2,(H2,20,23)(H,21,26)/t16-/m1/s1. The predicted molar refractivity (Wildman–Crippen MR) is 101 cm³/mol. The topological polar surface area (TPSA) is 104 Å². The number of piperidine rings is 1. The summed E-state index contributed by atoms with van der Waals surface area (Å²) in [5.41, 5.74) is 7.64. The van der Waals surface area contributed by atoms with Crippen molar-refractivity contribution in [3.63, 3.8) is 0 Å². The summed E-state index contributed by atoms with van der Waals surface area (Å²) in [4.78, 5) is 23.0. The maximum Gasteiger partial charge on any atom is 0.251 e. The van der Waals surface area contributed by atoms with Gasteiger partial charge in [-0.15, -0.1) is 0 Å². The van der Waals surface area contributed by atoms with Crippen LogP contribution in [-0.2, 0) is 0 Å². The van der Waals surface area contributed by atoms with Crippen LogP contribution in [0, 0.1) is 0 Å². The lowest BCUT2D eigenvalue weighted by molar-refractivity contribution is 0.0849. The highest BCUT2D eigenvalue weighted by molar-refractivity contribution is 5.95. The molecule has 0 unspecified atom stereocenters. The summed E-state index contributed by atoms with van der Waals surface area (Å²) in [6.07, 6.45) is 6.43. The second-order valence-electron chi connectivity index (χ2n) is 6.53. The molecule has 1 fully saturated rings. The first kappa shape index (κ1) is 18.3. The molecule has 7 nitrogen and oxygen atoms in total. The van der Waals surface area contributed by atoms with Crippen molar-refractivity contribution >= 4 is 11.7 Å². The number of nitrogens with one attached hydrogen (secondary N) is 1. The maximum atomic E-state index is 12.4. The van der Waals surface area contributed by atoms with E-state index in [9.17, 15) is 9.90 Å². The zero-order valence-electron chi connectivity index (χ0n) is 14.8. The monoisotopic (exact) mass is 355 g/mol. The van der Waals surface area contributed by atoms with Crippen LogP contribution in [0.4, 0.5) is 5.82 Å². The minimum absolute atomic E-state index is 0.118. The van der Waals surface area contributed by atoms with Gasteiger partial charge in [0, 0.05) is 30.3 Å². The molecule has 138 valence electrons. The van der Waals surface area contributed by atoms with Crippen LogP contribution in [0.3, 0.4) is 0 Å². The molecule has 1 aliphatic rings. The molecule has 1 aromatic heterocycles. The number of nitrogens with two attached hydrogens (primary N) is 1. The Labute approximate surface area is 153 Å². The van der Waals surface area contributed by atoms with Crippen LogP contribution in [0.1, 0.15) is 29.6 Å². The predicted octanol–water partition coefficient (Wildman–Crippen LogP) is 1.30. The number of carbonyl (C=O) groups is 1. The van der Waals surface area contributed by atoms with Gasteiger partial charge in [0.25, 0.3) is 5.91 Å². The number of aliphatic hydroxyl groups is 1. The van der Waals surface area contributed by atoms with Gasteiger partial charge in [-0.1, -0.05) is 18.6 Å². The zero-order chi connectivity index (χ0) is 18.4. The van der Waals surface area contributed by atoms with E-state index >= 15 is 0 Å². The van der Waals surface area contributed by atoms with Crippen LogP contribution in [0.2, 0.25) is 0 Å². The number of nitrogens with zero attached hydrogens (tertiary/aromatic N) is 3. The molecule has 3 rings (SSSR count). The van der Waals surface area contributed by atoms with Gasteiger partial charge in [0.2, 0.25) is 0 Å².